The van der Waals surface area contributed by atoms with Gasteiger partial charge in [0.25, 0.3) is 5.91 Å². The second kappa shape index (κ2) is 7.69. The molecule has 1 N–H and O–H groups in total. The maximum atomic E-state index is 11.8. The SMILES string of the molecule is Cc1ccc(NC(=O)COC(=O)c2ccc(C=O)cc2)cc1Br. The molecule has 2 aromatic rings. The van der Waals surface area contributed by atoms with E-state index in [4.69, 9.17) is 4.74 Å². The van der Waals surface area contributed by atoms with Crippen LogP contribution in [0.5, 0.6) is 0 Å². The third-order valence-corrected chi connectivity index (χ3v) is 3.93. The zero-order chi connectivity index (χ0) is 16.8. The molecule has 0 fully saturated rings. The maximum Gasteiger partial charge on any atom is 0.338 e. The molecule has 118 valence electrons. The molecule has 0 aliphatic carbocycles. The Kier molecular flexibility index (Phi) is 5.65. The van der Waals surface area contributed by atoms with Gasteiger partial charge in [-0.2, -0.15) is 0 Å². The van der Waals surface area contributed by atoms with Crippen molar-refractivity contribution in [3.63, 3.8) is 0 Å². The summed E-state index contributed by atoms with van der Waals surface area (Å²) < 4.78 is 5.82. The largest absolute Gasteiger partial charge is 0.452 e. The molecule has 6 heteroatoms. The predicted octanol–water partition coefficient (Wildman–Crippen LogP) is 3.37. The summed E-state index contributed by atoms with van der Waals surface area (Å²) >= 11 is 3.38. The lowest BCUT2D eigenvalue weighted by Gasteiger charge is -2.08. The van der Waals surface area contributed by atoms with Crippen molar-refractivity contribution < 1.29 is 19.1 Å². The minimum atomic E-state index is -0.623. The van der Waals surface area contributed by atoms with Gasteiger partial charge in [0.05, 0.1) is 5.56 Å². The van der Waals surface area contributed by atoms with Gasteiger partial charge in [-0.05, 0) is 36.8 Å². The van der Waals surface area contributed by atoms with Crippen molar-refractivity contribution in [1.82, 2.24) is 0 Å². The number of aryl methyl sites for hydroxylation is 1. The lowest BCUT2D eigenvalue weighted by Crippen LogP contribution is -2.21. The Bertz CT molecular complexity index is 741. The number of aldehydes is 1. The first kappa shape index (κ1) is 16.9. The van der Waals surface area contributed by atoms with E-state index in [-0.39, 0.29) is 12.2 Å². The minimum absolute atomic E-state index is 0.279. The Balaban J connectivity index is 1.88. The molecule has 1 amide bonds. The first-order chi connectivity index (χ1) is 11.0. The smallest absolute Gasteiger partial charge is 0.338 e. The van der Waals surface area contributed by atoms with E-state index in [9.17, 15) is 14.4 Å². The average molecular weight is 376 g/mol. The number of halogens is 1. The van der Waals surface area contributed by atoms with E-state index in [2.05, 4.69) is 21.2 Å². The van der Waals surface area contributed by atoms with E-state index in [1.165, 1.54) is 24.3 Å². The van der Waals surface area contributed by atoms with Gasteiger partial charge in [-0.1, -0.05) is 34.1 Å². The molecule has 0 aromatic heterocycles. The van der Waals surface area contributed by atoms with E-state index >= 15 is 0 Å². The van der Waals surface area contributed by atoms with Crippen LogP contribution in [0.2, 0.25) is 0 Å². The Morgan fingerprint density at radius 3 is 2.48 bits per heavy atom. The normalized spacial score (nSPS) is 10.0. The topological polar surface area (TPSA) is 72.5 Å². The molecule has 0 saturated heterocycles. The molecule has 0 heterocycles. The highest BCUT2D eigenvalue weighted by molar-refractivity contribution is 9.10. The number of carbonyl (C=O) groups is 3. The Labute approximate surface area is 141 Å². The fourth-order valence-electron chi connectivity index (χ4n) is 1.78. The number of ether oxygens (including phenoxy) is 1. The summed E-state index contributed by atoms with van der Waals surface area (Å²) in [5, 5.41) is 2.64. The third-order valence-electron chi connectivity index (χ3n) is 3.07. The number of carbonyl (C=O) groups excluding carboxylic acids is 3. The van der Waals surface area contributed by atoms with Crippen LogP contribution in [0.3, 0.4) is 0 Å². The Morgan fingerprint density at radius 1 is 1.17 bits per heavy atom. The van der Waals surface area contributed by atoms with E-state index in [0.29, 0.717) is 17.5 Å². The van der Waals surface area contributed by atoms with Crippen molar-refractivity contribution in [2.75, 3.05) is 11.9 Å². The summed E-state index contributed by atoms with van der Waals surface area (Å²) in [4.78, 5) is 34.1. The van der Waals surface area contributed by atoms with E-state index < -0.39 is 11.9 Å². The van der Waals surface area contributed by atoms with Crippen LogP contribution in [-0.2, 0) is 9.53 Å². The number of hydrogen-bond acceptors (Lipinski definition) is 4. The molecule has 0 aliphatic rings. The molecule has 0 bridgehead atoms. The monoisotopic (exact) mass is 375 g/mol. The number of amides is 1. The van der Waals surface area contributed by atoms with Crippen molar-refractivity contribution in [2.24, 2.45) is 0 Å². The van der Waals surface area contributed by atoms with Gasteiger partial charge >= 0.3 is 5.97 Å². The van der Waals surface area contributed by atoms with Gasteiger partial charge in [-0.15, -0.1) is 0 Å². The molecule has 0 saturated carbocycles. The fourth-order valence-corrected chi connectivity index (χ4v) is 2.16. The van der Waals surface area contributed by atoms with E-state index in [1.807, 2.05) is 13.0 Å². The zero-order valence-electron chi connectivity index (χ0n) is 12.3. The van der Waals surface area contributed by atoms with Crippen LogP contribution in [0.4, 0.5) is 5.69 Å². The van der Waals surface area contributed by atoms with Crippen LogP contribution in [-0.4, -0.2) is 24.8 Å². The van der Waals surface area contributed by atoms with Crippen molar-refractivity contribution in [3.05, 3.63) is 63.6 Å². The highest BCUT2D eigenvalue weighted by Gasteiger charge is 2.10. The fraction of sp³-hybridized carbons (Fsp3) is 0.118. The second-order valence-electron chi connectivity index (χ2n) is 4.83. The van der Waals surface area contributed by atoms with Crippen LogP contribution in [0.25, 0.3) is 0 Å². The lowest BCUT2D eigenvalue weighted by atomic mass is 10.1. The van der Waals surface area contributed by atoms with E-state index in [1.54, 1.807) is 12.1 Å². The summed E-state index contributed by atoms with van der Waals surface area (Å²) in [5.41, 5.74) is 2.40. The molecule has 0 aliphatic heterocycles. The van der Waals surface area contributed by atoms with Gasteiger partial charge in [0.15, 0.2) is 6.61 Å². The molecule has 2 rings (SSSR count). The molecular formula is C17H14BrNO4. The van der Waals surface area contributed by atoms with Crippen LogP contribution in [0.15, 0.2) is 46.9 Å². The summed E-state index contributed by atoms with van der Waals surface area (Å²) in [5.74, 6) is -1.05. The number of nitrogens with one attached hydrogen (secondary N) is 1. The quantitative estimate of drug-likeness (QED) is 0.642. The average Bonchev–Trinajstić information content (AvgIpc) is 2.56. The van der Waals surface area contributed by atoms with E-state index in [0.717, 1.165) is 10.0 Å². The maximum absolute atomic E-state index is 11.8. The summed E-state index contributed by atoms with van der Waals surface area (Å²) in [7, 11) is 0. The Hall–Kier alpha value is -2.47. The molecule has 23 heavy (non-hydrogen) atoms. The highest BCUT2D eigenvalue weighted by atomic mass is 79.9. The number of anilines is 1. The zero-order valence-corrected chi connectivity index (χ0v) is 13.9. The van der Waals surface area contributed by atoms with Gasteiger partial charge in [0.2, 0.25) is 0 Å². The number of hydrogen-bond donors (Lipinski definition) is 1. The van der Waals surface area contributed by atoms with Gasteiger partial charge in [0.1, 0.15) is 6.29 Å². The number of rotatable bonds is 5. The summed E-state index contributed by atoms with van der Waals surface area (Å²) in [6.45, 7) is 1.55. The molecule has 0 atom stereocenters. The molecule has 0 spiro atoms. The van der Waals surface area contributed by atoms with Crippen LogP contribution in [0, 0.1) is 6.92 Å². The molecule has 0 unspecified atom stereocenters. The number of benzene rings is 2. The van der Waals surface area contributed by atoms with Crippen LogP contribution < -0.4 is 5.32 Å². The Morgan fingerprint density at radius 2 is 1.87 bits per heavy atom. The summed E-state index contributed by atoms with van der Waals surface area (Å²) in [6.07, 6.45) is 0.683. The van der Waals surface area contributed by atoms with Gasteiger partial charge in [-0.25, -0.2) is 4.79 Å². The predicted molar refractivity (Wildman–Crippen MR) is 89.6 cm³/mol. The van der Waals surface area contributed by atoms with Crippen molar-refractivity contribution >= 4 is 39.8 Å². The first-order valence-corrected chi connectivity index (χ1v) is 7.57. The second-order valence-corrected chi connectivity index (χ2v) is 5.68. The van der Waals surface area contributed by atoms with Crippen molar-refractivity contribution in [2.45, 2.75) is 6.92 Å². The molecule has 0 radical (unpaired) electrons. The minimum Gasteiger partial charge on any atom is -0.452 e. The van der Waals surface area contributed by atoms with Gasteiger partial charge in [-0.3, -0.25) is 9.59 Å². The highest BCUT2D eigenvalue weighted by Crippen LogP contribution is 2.20. The number of esters is 1. The molecule has 2 aromatic carbocycles. The lowest BCUT2D eigenvalue weighted by molar-refractivity contribution is -0.119. The molecular weight excluding hydrogens is 362 g/mol. The van der Waals surface area contributed by atoms with Crippen molar-refractivity contribution in [1.29, 1.82) is 0 Å². The first-order valence-electron chi connectivity index (χ1n) is 6.78. The van der Waals surface area contributed by atoms with Crippen LogP contribution in [0.1, 0.15) is 26.3 Å². The summed E-state index contributed by atoms with van der Waals surface area (Å²) in [6, 6.07) is 11.4. The van der Waals surface area contributed by atoms with Crippen molar-refractivity contribution in [3.8, 4) is 0 Å². The van der Waals surface area contributed by atoms with Gasteiger partial charge < -0.3 is 10.1 Å². The standard InChI is InChI=1S/C17H14BrNO4/c1-11-2-7-14(8-15(11)18)19-16(21)10-23-17(22)13-5-3-12(9-20)4-6-13/h2-9H,10H2,1H3,(H,19,21). The van der Waals surface area contributed by atoms with Crippen LogP contribution >= 0.6 is 15.9 Å². The third kappa shape index (κ3) is 4.75. The van der Waals surface area contributed by atoms with Gasteiger partial charge in [0, 0.05) is 15.7 Å². The molecule has 5 nitrogen and oxygen atoms in total.